The monoisotopic (exact) mass is 337 g/mol. The molecule has 0 saturated heterocycles. The number of methoxy groups -OCH3 is 1. The first-order valence-corrected chi connectivity index (χ1v) is 7.92. The molecule has 3 rings (SSSR count). The molecule has 0 aliphatic heterocycles. The molecule has 0 aliphatic carbocycles. The number of anilines is 1. The highest BCUT2D eigenvalue weighted by Gasteiger charge is 2.02. The molecule has 1 aromatic heterocycles. The molecule has 120 valence electrons. The summed E-state index contributed by atoms with van der Waals surface area (Å²) in [6.07, 6.45) is 2.24. The number of aromatic nitrogens is 2. The molecule has 0 spiro atoms. The normalized spacial score (nSPS) is 10.1. The SMILES string of the molecule is COc1ccc(Cl)cc1C#CCCNc1ncnc2ccccc12. The van der Waals surface area contributed by atoms with Crippen LogP contribution in [0, 0.1) is 11.8 Å². The van der Waals surface area contributed by atoms with Crippen molar-refractivity contribution in [1.29, 1.82) is 0 Å². The van der Waals surface area contributed by atoms with Crippen molar-refractivity contribution in [3.63, 3.8) is 0 Å². The summed E-state index contributed by atoms with van der Waals surface area (Å²) >= 11 is 6.00. The first-order valence-electron chi connectivity index (χ1n) is 7.54. The third-order valence-corrected chi connectivity index (χ3v) is 3.70. The second-order valence-electron chi connectivity index (χ2n) is 5.06. The van der Waals surface area contributed by atoms with Crippen LogP contribution >= 0.6 is 11.6 Å². The molecule has 1 N–H and O–H groups in total. The summed E-state index contributed by atoms with van der Waals surface area (Å²) in [6.45, 7) is 0.691. The number of fused-ring (bicyclic) bond motifs is 1. The zero-order valence-corrected chi connectivity index (χ0v) is 14.0. The minimum atomic E-state index is 0.644. The van der Waals surface area contributed by atoms with E-state index in [0.717, 1.165) is 28.0 Å². The largest absolute Gasteiger partial charge is 0.495 e. The quantitative estimate of drug-likeness (QED) is 0.574. The maximum absolute atomic E-state index is 6.00. The van der Waals surface area contributed by atoms with E-state index in [2.05, 4.69) is 27.1 Å². The molecule has 0 saturated carbocycles. The van der Waals surface area contributed by atoms with Gasteiger partial charge in [0.25, 0.3) is 0 Å². The summed E-state index contributed by atoms with van der Waals surface area (Å²) in [5, 5.41) is 4.95. The Morgan fingerprint density at radius 2 is 2.04 bits per heavy atom. The molecule has 0 unspecified atom stereocenters. The zero-order chi connectivity index (χ0) is 16.8. The lowest BCUT2D eigenvalue weighted by molar-refractivity contribution is 0.413. The van der Waals surface area contributed by atoms with Crippen molar-refractivity contribution >= 4 is 28.3 Å². The van der Waals surface area contributed by atoms with Crippen LogP contribution in [0.1, 0.15) is 12.0 Å². The molecule has 24 heavy (non-hydrogen) atoms. The van der Waals surface area contributed by atoms with Gasteiger partial charge in [0.1, 0.15) is 17.9 Å². The van der Waals surface area contributed by atoms with Crippen molar-refractivity contribution in [2.24, 2.45) is 0 Å². The van der Waals surface area contributed by atoms with Gasteiger partial charge in [0.15, 0.2) is 0 Å². The fourth-order valence-corrected chi connectivity index (χ4v) is 2.50. The van der Waals surface area contributed by atoms with Crippen LogP contribution in [0.25, 0.3) is 10.9 Å². The summed E-state index contributed by atoms with van der Waals surface area (Å²) in [6, 6.07) is 13.3. The Bertz CT molecular complexity index is 910. The fourth-order valence-electron chi connectivity index (χ4n) is 2.32. The topological polar surface area (TPSA) is 47.0 Å². The number of benzene rings is 2. The van der Waals surface area contributed by atoms with Gasteiger partial charge < -0.3 is 10.1 Å². The number of halogens is 1. The van der Waals surface area contributed by atoms with Gasteiger partial charge in [-0.05, 0) is 30.3 Å². The number of rotatable bonds is 4. The molecule has 0 atom stereocenters. The molecule has 2 aromatic carbocycles. The van der Waals surface area contributed by atoms with Crippen molar-refractivity contribution < 1.29 is 4.74 Å². The van der Waals surface area contributed by atoms with Gasteiger partial charge in [-0.25, -0.2) is 9.97 Å². The van der Waals surface area contributed by atoms with Crippen LogP contribution in [0.4, 0.5) is 5.82 Å². The molecular weight excluding hydrogens is 322 g/mol. The van der Waals surface area contributed by atoms with E-state index in [1.807, 2.05) is 30.3 Å². The number of hydrogen-bond acceptors (Lipinski definition) is 4. The molecule has 0 amide bonds. The Kier molecular flexibility index (Phi) is 5.15. The summed E-state index contributed by atoms with van der Waals surface area (Å²) in [4.78, 5) is 8.54. The highest BCUT2D eigenvalue weighted by molar-refractivity contribution is 6.30. The predicted octanol–water partition coefficient (Wildman–Crippen LogP) is 4.15. The second kappa shape index (κ2) is 7.67. The Labute approximate surface area is 145 Å². The van der Waals surface area contributed by atoms with Crippen LogP contribution in [-0.4, -0.2) is 23.6 Å². The van der Waals surface area contributed by atoms with Crippen LogP contribution in [0.5, 0.6) is 5.75 Å². The first-order chi connectivity index (χ1) is 11.8. The lowest BCUT2D eigenvalue weighted by Gasteiger charge is -2.06. The summed E-state index contributed by atoms with van der Waals surface area (Å²) in [5.74, 6) is 7.77. The van der Waals surface area contributed by atoms with Gasteiger partial charge in [-0.1, -0.05) is 35.6 Å². The fraction of sp³-hybridized carbons (Fsp3) is 0.158. The molecule has 5 heteroatoms. The lowest BCUT2D eigenvalue weighted by Crippen LogP contribution is -2.03. The molecule has 0 radical (unpaired) electrons. The second-order valence-corrected chi connectivity index (χ2v) is 5.50. The van der Waals surface area contributed by atoms with E-state index in [4.69, 9.17) is 16.3 Å². The zero-order valence-electron chi connectivity index (χ0n) is 13.2. The standard InChI is InChI=1S/C19H16ClN3O/c1-24-18-10-9-15(20)12-14(18)6-4-5-11-21-19-16-7-2-3-8-17(16)22-13-23-19/h2-3,7-10,12-13H,5,11H2,1H3,(H,21,22,23). The lowest BCUT2D eigenvalue weighted by atomic mass is 10.2. The van der Waals surface area contributed by atoms with Crippen molar-refractivity contribution in [2.45, 2.75) is 6.42 Å². The summed E-state index contributed by atoms with van der Waals surface area (Å²) < 4.78 is 5.28. The van der Waals surface area contributed by atoms with E-state index in [1.165, 1.54) is 0 Å². The van der Waals surface area contributed by atoms with Crippen LogP contribution in [0.3, 0.4) is 0 Å². The maximum atomic E-state index is 6.00. The van der Waals surface area contributed by atoms with E-state index < -0.39 is 0 Å². The van der Waals surface area contributed by atoms with Crippen LogP contribution in [-0.2, 0) is 0 Å². The van der Waals surface area contributed by atoms with Crippen LogP contribution in [0.15, 0.2) is 48.8 Å². The van der Waals surface area contributed by atoms with Gasteiger partial charge in [-0.3, -0.25) is 0 Å². The van der Waals surface area contributed by atoms with E-state index in [9.17, 15) is 0 Å². The number of hydrogen-bond donors (Lipinski definition) is 1. The highest BCUT2D eigenvalue weighted by Crippen LogP contribution is 2.21. The van der Waals surface area contributed by atoms with Crippen molar-refractivity contribution in [1.82, 2.24) is 9.97 Å². The Morgan fingerprint density at radius 1 is 1.17 bits per heavy atom. The molecule has 0 bridgehead atoms. The van der Waals surface area contributed by atoms with Gasteiger partial charge in [-0.2, -0.15) is 0 Å². The van der Waals surface area contributed by atoms with Gasteiger partial charge in [0, 0.05) is 23.4 Å². The van der Waals surface area contributed by atoms with E-state index in [1.54, 1.807) is 25.6 Å². The Balaban J connectivity index is 1.65. The van der Waals surface area contributed by atoms with Crippen molar-refractivity contribution in [2.75, 3.05) is 19.0 Å². The van der Waals surface area contributed by atoms with Gasteiger partial charge in [0.2, 0.25) is 0 Å². The Hall–Kier alpha value is -2.77. The highest BCUT2D eigenvalue weighted by atomic mass is 35.5. The van der Waals surface area contributed by atoms with Crippen molar-refractivity contribution in [3.8, 4) is 17.6 Å². The Morgan fingerprint density at radius 3 is 2.92 bits per heavy atom. The molecule has 3 aromatic rings. The maximum Gasteiger partial charge on any atom is 0.137 e. The summed E-state index contributed by atoms with van der Waals surface area (Å²) in [7, 11) is 1.62. The van der Waals surface area contributed by atoms with Crippen molar-refractivity contribution in [3.05, 3.63) is 59.4 Å². The first kappa shape index (κ1) is 16.1. The van der Waals surface area contributed by atoms with E-state index in [0.29, 0.717) is 18.0 Å². The number of para-hydroxylation sites is 1. The van der Waals surface area contributed by atoms with Crippen LogP contribution < -0.4 is 10.1 Å². The minimum Gasteiger partial charge on any atom is -0.495 e. The molecule has 1 heterocycles. The predicted molar refractivity (Wildman–Crippen MR) is 97.5 cm³/mol. The smallest absolute Gasteiger partial charge is 0.137 e. The average molecular weight is 338 g/mol. The molecule has 0 fully saturated rings. The van der Waals surface area contributed by atoms with E-state index >= 15 is 0 Å². The van der Waals surface area contributed by atoms with Gasteiger partial charge in [-0.15, -0.1) is 0 Å². The third-order valence-electron chi connectivity index (χ3n) is 3.47. The third kappa shape index (κ3) is 3.76. The molecule has 0 aliphatic rings. The minimum absolute atomic E-state index is 0.644. The van der Waals surface area contributed by atoms with Crippen LogP contribution in [0.2, 0.25) is 5.02 Å². The number of nitrogens with zero attached hydrogens (tertiary/aromatic N) is 2. The average Bonchev–Trinajstić information content (AvgIpc) is 2.62. The summed E-state index contributed by atoms with van der Waals surface area (Å²) in [5.41, 5.74) is 1.71. The van der Waals surface area contributed by atoms with Gasteiger partial charge in [0.05, 0.1) is 18.2 Å². The van der Waals surface area contributed by atoms with E-state index in [-0.39, 0.29) is 0 Å². The molecular formula is C19H16ClN3O. The van der Waals surface area contributed by atoms with Gasteiger partial charge >= 0.3 is 0 Å². The number of nitrogens with one attached hydrogen (secondary N) is 1. The molecule has 4 nitrogen and oxygen atoms in total. The number of ether oxygens (including phenoxy) is 1.